The van der Waals surface area contributed by atoms with Crippen molar-refractivity contribution in [2.75, 3.05) is 0 Å². The minimum absolute atomic E-state index is 0.00602. The van der Waals surface area contributed by atoms with E-state index in [-0.39, 0.29) is 6.04 Å². The number of hydrogen-bond acceptors (Lipinski definition) is 4. The van der Waals surface area contributed by atoms with Crippen LogP contribution in [0.1, 0.15) is 23.0 Å². The number of aryl methyl sites for hydroxylation is 1. The van der Waals surface area contributed by atoms with Gasteiger partial charge in [0.15, 0.2) is 0 Å². The number of nitrogens with two attached hydrogens (primary N) is 1. The Kier molecular flexibility index (Phi) is 3.90. The van der Waals surface area contributed by atoms with E-state index in [1.54, 1.807) is 6.20 Å². The van der Waals surface area contributed by atoms with Gasteiger partial charge in [-0.15, -0.1) is 0 Å². The number of pyridine rings is 2. The van der Waals surface area contributed by atoms with Gasteiger partial charge in [0.1, 0.15) is 0 Å². The third kappa shape index (κ3) is 2.91. The average molecular weight is 278 g/mol. The van der Waals surface area contributed by atoms with Crippen LogP contribution in [-0.4, -0.2) is 9.97 Å². The summed E-state index contributed by atoms with van der Waals surface area (Å²) in [7, 11) is 0. The number of rotatable bonds is 4. The maximum atomic E-state index is 5.80. The van der Waals surface area contributed by atoms with Gasteiger partial charge in [0.05, 0.1) is 11.6 Å². The Morgan fingerprint density at radius 1 is 1.14 bits per heavy atom. The van der Waals surface area contributed by atoms with Gasteiger partial charge >= 0.3 is 0 Å². The molecule has 0 radical (unpaired) electrons. The number of hydrazine groups is 1. The summed E-state index contributed by atoms with van der Waals surface area (Å²) in [6, 6.07) is 16.2. The summed E-state index contributed by atoms with van der Waals surface area (Å²) in [5.74, 6) is 5.80. The first-order chi connectivity index (χ1) is 10.3. The standard InChI is InChI=1S/C17H18N4/c1-12-10-15(14-7-2-3-8-16(14)20-12)17(21-18)11-13-6-4-5-9-19-13/h2-10,17,21H,11,18H2,1H3. The predicted molar refractivity (Wildman–Crippen MR) is 84.5 cm³/mol. The molecule has 0 aliphatic carbocycles. The van der Waals surface area contributed by atoms with Gasteiger partial charge in [-0.25, -0.2) is 0 Å². The second-order valence-corrected chi connectivity index (χ2v) is 5.11. The summed E-state index contributed by atoms with van der Waals surface area (Å²) in [5, 5.41) is 1.13. The first-order valence-corrected chi connectivity index (χ1v) is 7.00. The predicted octanol–water partition coefficient (Wildman–Crippen LogP) is 2.69. The highest BCUT2D eigenvalue weighted by Gasteiger charge is 2.15. The number of para-hydroxylation sites is 1. The van der Waals surface area contributed by atoms with Crippen molar-refractivity contribution >= 4 is 10.9 Å². The molecule has 0 saturated carbocycles. The highest BCUT2D eigenvalue weighted by Crippen LogP contribution is 2.25. The number of aromatic nitrogens is 2. The number of nitrogens with zero attached hydrogens (tertiary/aromatic N) is 2. The van der Waals surface area contributed by atoms with E-state index in [1.807, 2.05) is 43.3 Å². The molecule has 4 heteroatoms. The first-order valence-electron chi connectivity index (χ1n) is 7.00. The van der Waals surface area contributed by atoms with Crippen molar-refractivity contribution in [3.8, 4) is 0 Å². The monoisotopic (exact) mass is 278 g/mol. The van der Waals surface area contributed by atoms with Crippen molar-refractivity contribution in [3.63, 3.8) is 0 Å². The number of hydrogen-bond donors (Lipinski definition) is 2. The van der Waals surface area contributed by atoms with E-state index < -0.39 is 0 Å². The quantitative estimate of drug-likeness (QED) is 0.569. The van der Waals surface area contributed by atoms with Crippen molar-refractivity contribution in [3.05, 3.63) is 71.7 Å². The molecule has 3 aromatic rings. The Morgan fingerprint density at radius 3 is 2.71 bits per heavy atom. The topological polar surface area (TPSA) is 63.8 Å². The molecule has 0 saturated heterocycles. The minimum atomic E-state index is 0.00602. The van der Waals surface area contributed by atoms with Crippen LogP contribution in [0.4, 0.5) is 0 Å². The van der Waals surface area contributed by atoms with Gasteiger partial charge < -0.3 is 0 Å². The Labute approximate surface area is 124 Å². The Bertz CT molecular complexity index is 740. The van der Waals surface area contributed by atoms with Crippen LogP contribution in [0.15, 0.2) is 54.7 Å². The van der Waals surface area contributed by atoms with Crippen molar-refractivity contribution in [1.29, 1.82) is 0 Å². The lowest BCUT2D eigenvalue weighted by Gasteiger charge is -2.18. The molecule has 2 aromatic heterocycles. The average Bonchev–Trinajstić information content (AvgIpc) is 2.53. The molecule has 0 spiro atoms. The summed E-state index contributed by atoms with van der Waals surface area (Å²) in [4.78, 5) is 8.96. The largest absolute Gasteiger partial charge is 0.271 e. The summed E-state index contributed by atoms with van der Waals surface area (Å²) in [6.45, 7) is 2.00. The highest BCUT2D eigenvalue weighted by molar-refractivity contribution is 5.82. The van der Waals surface area contributed by atoms with E-state index in [0.717, 1.165) is 34.3 Å². The molecule has 1 unspecified atom stereocenters. The SMILES string of the molecule is Cc1cc(C(Cc2ccccn2)NN)c2ccccc2n1. The molecule has 2 heterocycles. The zero-order valence-corrected chi connectivity index (χ0v) is 12.0. The molecular formula is C17H18N4. The lowest BCUT2D eigenvalue weighted by molar-refractivity contribution is 0.549. The molecule has 0 aliphatic rings. The second kappa shape index (κ2) is 5.99. The molecule has 21 heavy (non-hydrogen) atoms. The normalized spacial score (nSPS) is 12.5. The fourth-order valence-electron chi connectivity index (χ4n) is 2.62. The van der Waals surface area contributed by atoms with Crippen LogP contribution in [-0.2, 0) is 6.42 Å². The van der Waals surface area contributed by atoms with Crippen LogP contribution in [0.3, 0.4) is 0 Å². The Hall–Kier alpha value is -2.30. The molecule has 4 nitrogen and oxygen atoms in total. The lowest BCUT2D eigenvalue weighted by atomic mass is 9.97. The van der Waals surface area contributed by atoms with E-state index in [1.165, 1.54) is 0 Å². The molecule has 0 fully saturated rings. The Balaban J connectivity index is 2.04. The fourth-order valence-corrected chi connectivity index (χ4v) is 2.62. The van der Waals surface area contributed by atoms with Crippen LogP contribution in [0.5, 0.6) is 0 Å². The number of benzene rings is 1. The molecule has 3 N–H and O–H groups in total. The number of fused-ring (bicyclic) bond motifs is 1. The number of nitrogens with one attached hydrogen (secondary N) is 1. The smallest absolute Gasteiger partial charge is 0.0708 e. The van der Waals surface area contributed by atoms with E-state index in [9.17, 15) is 0 Å². The summed E-state index contributed by atoms with van der Waals surface area (Å²) in [6.07, 6.45) is 2.55. The van der Waals surface area contributed by atoms with Crippen LogP contribution in [0.25, 0.3) is 10.9 Å². The molecule has 0 amide bonds. The summed E-state index contributed by atoms with van der Waals surface area (Å²) >= 11 is 0. The van der Waals surface area contributed by atoms with Gasteiger partial charge in [0.2, 0.25) is 0 Å². The van der Waals surface area contributed by atoms with Crippen LogP contribution < -0.4 is 11.3 Å². The van der Waals surface area contributed by atoms with E-state index in [2.05, 4.69) is 27.5 Å². The highest BCUT2D eigenvalue weighted by atomic mass is 15.2. The van der Waals surface area contributed by atoms with Crippen LogP contribution >= 0.6 is 0 Å². The molecule has 1 aromatic carbocycles. The molecule has 0 aliphatic heterocycles. The molecule has 106 valence electrons. The van der Waals surface area contributed by atoms with Crippen molar-refractivity contribution in [2.45, 2.75) is 19.4 Å². The first kappa shape index (κ1) is 13.7. The maximum absolute atomic E-state index is 5.80. The third-order valence-electron chi connectivity index (χ3n) is 3.59. The lowest BCUT2D eigenvalue weighted by Crippen LogP contribution is -2.30. The van der Waals surface area contributed by atoms with Gasteiger partial charge in [0.25, 0.3) is 0 Å². The minimum Gasteiger partial charge on any atom is -0.271 e. The molecule has 0 bridgehead atoms. The van der Waals surface area contributed by atoms with Gasteiger partial charge in [-0.1, -0.05) is 24.3 Å². The maximum Gasteiger partial charge on any atom is 0.0708 e. The third-order valence-corrected chi connectivity index (χ3v) is 3.59. The second-order valence-electron chi connectivity index (χ2n) is 5.11. The van der Waals surface area contributed by atoms with Gasteiger partial charge in [-0.2, -0.15) is 0 Å². The van der Waals surface area contributed by atoms with Gasteiger partial charge in [-0.05, 0) is 36.8 Å². The van der Waals surface area contributed by atoms with Crippen LogP contribution in [0.2, 0.25) is 0 Å². The zero-order chi connectivity index (χ0) is 14.7. The fraction of sp³-hybridized carbons (Fsp3) is 0.176. The summed E-state index contributed by atoms with van der Waals surface area (Å²) < 4.78 is 0. The summed E-state index contributed by atoms with van der Waals surface area (Å²) in [5.41, 5.74) is 7.07. The zero-order valence-electron chi connectivity index (χ0n) is 12.0. The van der Waals surface area contributed by atoms with Crippen molar-refractivity contribution in [1.82, 2.24) is 15.4 Å². The van der Waals surface area contributed by atoms with E-state index in [4.69, 9.17) is 5.84 Å². The molecule has 1 atom stereocenters. The Morgan fingerprint density at radius 2 is 1.95 bits per heavy atom. The van der Waals surface area contributed by atoms with Crippen LogP contribution in [0, 0.1) is 6.92 Å². The van der Waals surface area contributed by atoms with E-state index in [0.29, 0.717) is 0 Å². The van der Waals surface area contributed by atoms with Crippen molar-refractivity contribution in [2.24, 2.45) is 5.84 Å². The van der Waals surface area contributed by atoms with E-state index >= 15 is 0 Å². The molecular weight excluding hydrogens is 260 g/mol. The van der Waals surface area contributed by atoms with Gasteiger partial charge in [-0.3, -0.25) is 21.2 Å². The van der Waals surface area contributed by atoms with Crippen molar-refractivity contribution < 1.29 is 0 Å². The van der Waals surface area contributed by atoms with Gasteiger partial charge in [0, 0.05) is 29.4 Å². The molecule has 3 rings (SSSR count).